The van der Waals surface area contributed by atoms with E-state index in [2.05, 4.69) is 14.5 Å². The van der Waals surface area contributed by atoms with Gasteiger partial charge in [0.15, 0.2) is 5.69 Å². The monoisotopic (exact) mass is 375 g/mol. The molecule has 0 aromatic carbocycles. The molecule has 4 nitrogen and oxygen atoms in total. The highest BCUT2D eigenvalue weighted by atomic mass is 127. The van der Waals surface area contributed by atoms with Gasteiger partial charge in [-0.3, -0.25) is 0 Å². The number of nitrogens with zero attached hydrogens (tertiary/aromatic N) is 1. The molecule has 18 heavy (non-hydrogen) atoms. The molecule has 0 bridgehead atoms. The van der Waals surface area contributed by atoms with Crippen molar-refractivity contribution in [2.45, 2.75) is 20.2 Å². The first-order valence-corrected chi connectivity index (χ1v) is 5.92. The summed E-state index contributed by atoms with van der Waals surface area (Å²) >= 11 is 1.67. The number of aryl methyl sites for hydroxylation is 1. The van der Waals surface area contributed by atoms with Crippen LogP contribution in [-0.4, -0.2) is 23.9 Å². The molecule has 0 atom stereocenters. The van der Waals surface area contributed by atoms with Crippen molar-refractivity contribution >= 4 is 28.6 Å². The zero-order valence-electron chi connectivity index (χ0n) is 9.47. The average molecular weight is 375 g/mol. The van der Waals surface area contributed by atoms with E-state index in [0.717, 1.165) is 6.07 Å². The third-order valence-corrected chi connectivity index (χ3v) is 3.11. The van der Waals surface area contributed by atoms with E-state index in [1.165, 1.54) is 6.92 Å². The minimum atomic E-state index is -4.82. The summed E-state index contributed by atoms with van der Waals surface area (Å²) in [5.74, 6) is -1.25. The van der Waals surface area contributed by atoms with Crippen LogP contribution >= 0.6 is 22.6 Å². The second-order valence-electron chi connectivity index (χ2n) is 3.17. The first kappa shape index (κ1) is 15.0. The van der Waals surface area contributed by atoms with E-state index in [-0.39, 0.29) is 21.6 Å². The standard InChI is InChI=1S/C10H9F3INO3/c1-3-17-9(16)6-4-7(18-10(11,12)13)8(14)5(2)15-6/h4H,3H2,1-2H3. The molecule has 100 valence electrons. The summed E-state index contributed by atoms with van der Waals surface area (Å²) in [6.07, 6.45) is -4.82. The summed E-state index contributed by atoms with van der Waals surface area (Å²) < 4.78 is 45.2. The maximum absolute atomic E-state index is 12.2. The first-order valence-electron chi connectivity index (χ1n) is 4.84. The molecule has 1 rings (SSSR count). The quantitative estimate of drug-likeness (QED) is 0.602. The minimum absolute atomic E-state index is 0.112. The molecule has 0 radical (unpaired) electrons. The maximum Gasteiger partial charge on any atom is 0.573 e. The van der Waals surface area contributed by atoms with Gasteiger partial charge in [0.1, 0.15) is 5.75 Å². The van der Waals surface area contributed by atoms with Crippen LogP contribution in [-0.2, 0) is 4.74 Å². The predicted molar refractivity (Wildman–Crippen MR) is 64.3 cm³/mol. The number of ether oxygens (including phenoxy) is 2. The highest BCUT2D eigenvalue weighted by molar-refractivity contribution is 14.1. The Labute approximate surface area is 115 Å². The number of pyridine rings is 1. The summed E-state index contributed by atoms with van der Waals surface area (Å²) in [6.45, 7) is 3.18. The highest BCUT2D eigenvalue weighted by Crippen LogP contribution is 2.29. The fraction of sp³-hybridized carbons (Fsp3) is 0.400. The number of carbonyl (C=O) groups is 1. The molecule has 0 saturated heterocycles. The van der Waals surface area contributed by atoms with E-state index in [0.29, 0.717) is 0 Å². The van der Waals surface area contributed by atoms with Crippen LogP contribution in [0, 0.1) is 10.5 Å². The lowest BCUT2D eigenvalue weighted by Gasteiger charge is -2.12. The Morgan fingerprint density at radius 2 is 2.11 bits per heavy atom. The van der Waals surface area contributed by atoms with E-state index in [4.69, 9.17) is 0 Å². The number of aromatic nitrogens is 1. The van der Waals surface area contributed by atoms with Crippen molar-refractivity contribution in [1.82, 2.24) is 4.98 Å². The third kappa shape index (κ3) is 4.00. The summed E-state index contributed by atoms with van der Waals surface area (Å²) in [6, 6.07) is 0.917. The number of halogens is 4. The smallest absolute Gasteiger partial charge is 0.461 e. The van der Waals surface area contributed by atoms with Gasteiger partial charge < -0.3 is 9.47 Å². The lowest BCUT2D eigenvalue weighted by molar-refractivity contribution is -0.275. The van der Waals surface area contributed by atoms with Crippen LogP contribution in [0.2, 0.25) is 0 Å². The van der Waals surface area contributed by atoms with Gasteiger partial charge in [-0.2, -0.15) is 0 Å². The van der Waals surface area contributed by atoms with Gasteiger partial charge in [0, 0.05) is 6.07 Å². The normalized spacial score (nSPS) is 11.2. The van der Waals surface area contributed by atoms with Crippen molar-refractivity contribution in [2.75, 3.05) is 6.61 Å². The van der Waals surface area contributed by atoms with Crippen molar-refractivity contribution < 1.29 is 27.4 Å². The maximum atomic E-state index is 12.2. The first-order chi connectivity index (χ1) is 8.24. The van der Waals surface area contributed by atoms with Gasteiger partial charge in [-0.25, -0.2) is 9.78 Å². The minimum Gasteiger partial charge on any atom is -0.461 e. The van der Waals surface area contributed by atoms with E-state index in [1.807, 2.05) is 0 Å². The van der Waals surface area contributed by atoms with Crippen LogP contribution in [0.5, 0.6) is 5.75 Å². The molecule has 0 fully saturated rings. The average Bonchev–Trinajstić information content (AvgIpc) is 2.22. The Morgan fingerprint density at radius 1 is 1.50 bits per heavy atom. The van der Waals surface area contributed by atoms with Gasteiger partial charge in [-0.05, 0) is 36.4 Å². The molecular weight excluding hydrogens is 366 g/mol. The van der Waals surface area contributed by atoms with Crippen molar-refractivity contribution in [2.24, 2.45) is 0 Å². The molecule has 0 aliphatic heterocycles. The van der Waals surface area contributed by atoms with Gasteiger partial charge >= 0.3 is 12.3 Å². The Balaban J connectivity index is 3.14. The molecule has 8 heteroatoms. The molecule has 0 amide bonds. The molecule has 0 unspecified atom stereocenters. The van der Waals surface area contributed by atoms with Gasteiger partial charge in [0.25, 0.3) is 0 Å². The summed E-state index contributed by atoms with van der Waals surface area (Å²) in [5, 5.41) is 0. The fourth-order valence-corrected chi connectivity index (χ4v) is 1.52. The Morgan fingerprint density at radius 3 is 2.61 bits per heavy atom. The van der Waals surface area contributed by atoms with Crippen LogP contribution < -0.4 is 4.74 Å². The van der Waals surface area contributed by atoms with Crippen LogP contribution in [0.25, 0.3) is 0 Å². The second-order valence-corrected chi connectivity index (χ2v) is 4.25. The fourth-order valence-electron chi connectivity index (χ4n) is 1.14. The molecular formula is C10H9F3INO3. The highest BCUT2D eigenvalue weighted by Gasteiger charge is 2.33. The molecule has 0 N–H and O–H groups in total. The molecule has 0 spiro atoms. The van der Waals surface area contributed by atoms with E-state index >= 15 is 0 Å². The molecule has 1 aromatic rings. The predicted octanol–water partition coefficient (Wildman–Crippen LogP) is 3.07. The molecule has 0 saturated carbocycles. The second kappa shape index (κ2) is 5.72. The summed E-state index contributed by atoms with van der Waals surface area (Å²) in [5.41, 5.74) is 0.0504. The van der Waals surface area contributed by atoms with Crippen LogP contribution in [0.4, 0.5) is 13.2 Å². The zero-order valence-corrected chi connectivity index (χ0v) is 11.6. The van der Waals surface area contributed by atoms with E-state index in [9.17, 15) is 18.0 Å². The Kier molecular flexibility index (Phi) is 4.77. The number of alkyl halides is 3. The molecule has 1 aromatic heterocycles. The van der Waals surface area contributed by atoms with Crippen LogP contribution in [0.1, 0.15) is 23.1 Å². The number of rotatable bonds is 3. The molecule has 1 heterocycles. The SMILES string of the molecule is CCOC(=O)c1cc(OC(F)(F)F)c(I)c(C)n1. The molecule has 0 aliphatic rings. The van der Waals surface area contributed by atoms with Crippen molar-refractivity contribution in [3.63, 3.8) is 0 Å². The Hall–Kier alpha value is -1.06. The van der Waals surface area contributed by atoms with Crippen LogP contribution in [0.3, 0.4) is 0 Å². The lowest BCUT2D eigenvalue weighted by atomic mass is 10.3. The van der Waals surface area contributed by atoms with Gasteiger partial charge in [-0.1, -0.05) is 0 Å². The Bertz CT molecular complexity index is 462. The number of carbonyl (C=O) groups excluding carboxylic acids is 1. The van der Waals surface area contributed by atoms with E-state index < -0.39 is 18.1 Å². The molecule has 0 aliphatic carbocycles. The number of esters is 1. The van der Waals surface area contributed by atoms with E-state index in [1.54, 1.807) is 29.5 Å². The summed E-state index contributed by atoms with van der Waals surface area (Å²) in [4.78, 5) is 15.3. The topological polar surface area (TPSA) is 48.4 Å². The number of hydrogen-bond acceptors (Lipinski definition) is 4. The third-order valence-electron chi connectivity index (χ3n) is 1.80. The van der Waals surface area contributed by atoms with Gasteiger partial charge in [0.05, 0.1) is 15.9 Å². The zero-order chi connectivity index (χ0) is 13.9. The van der Waals surface area contributed by atoms with Crippen LogP contribution in [0.15, 0.2) is 6.07 Å². The van der Waals surface area contributed by atoms with Crippen molar-refractivity contribution in [1.29, 1.82) is 0 Å². The van der Waals surface area contributed by atoms with Gasteiger partial charge in [-0.15, -0.1) is 13.2 Å². The van der Waals surface area contributed by atoms with Crippen molar-refractivity contribution in [3.05, 3.63) is 21.0 Å². The van der Waals surface area contributed by atoms with Gasteiger partial charge in [0.2, 0.25) is 0 Å². The number of hydrogen-bond donors (Lipinski definition) is 0. The largest absolute Gasteiger partial charge is 0.573 e. The summed E-state index contributed by atoms with van der Waals surface area (Å²) in [7, 11) is 0. The van der Waals surface area contributed by atoms with Crippen molar-refractivity contribution in [3.8, 4) is 5.75 Å². The lowest BCUT2D eigenvalue weighted by Crippen LogP contribution is -2.19.